The minimum Gasteiger partial charge on any atom is -0.207 e. The molecule has 0 unspecified atom stereocenters. The standard InChI is InChI=1S/C16H14FIS/c1-2-15(12-6-4-3-5-7-12)16(19-18)13-8-10-14(17)11-9-13/h3-11H,2H2,1H3/b16-15-. The summed E-state index contributed by atoms with van der Waals surface area (Å²) in [4.78, 5) is 1.20. The fourth-order valence-corrected chi connectivity index (χ4v) is 4.14. The van der Waals surface area contributed by atoms with Crippen molar-refractivity contribution < 1.29 is 4.39 Å². The Morgan fingerprint density at radius 3 is 2.16 bits per heavy atom. The van der Waals surface area contributed by atoms with E-state index in [0.717, 1.165) is 12.0 Å². The second kappa shape index (κ2) is 7.10. The summed E-state index contributed by atoms with van der Waals surface area (Å²) < 4.78 is 13.0. The highest BCUT2D eigenvalue weighted by Crippen LogP contribution is 2.40. The van der Waals surface area contributed by atoms with Crippen LogP contribution in [0.25, 0.3) is 10.5 Å². The van der Waals surface area contributed by atoms with E-state index in [1.54, 1.807) is 8.93 Å². The first-order valence-electron chi connectivity index (χ1n) is 6.09. The summed E-state index contributed by atoms with van der Waals surface area (Å²) in [6, 6.07) is 17.1. The molecule has 0 N–H and O–H groups in total. The number of benzene rings is 2. The average Bonchev–Trinajstić information content (AvgIpc) is 2.47. The lowest BCUT2D eigenvalue weighted by Gasteiger charge is -2.12. The molecular formula is C16H14FIS. The molecule has 0 saturated heterocycles. The Morgan fingerprint density at radius 1 is 1.00 bits per heavy atom. The van der Waals surface area contributed by atoms with Crippen molar-refractivity contribution in [3.8, 4) is 0 Å². The first-order valence-corrected chi connectivity index (χ1v) is 9.45. The maximum atomic E-state index is 13.0. The van der Waals surface area contributed by atoms with Gasteiger partial charge in [-0.25, -0.2) is 4.39 Å². The van der Waals surface area contributed by atoms with Gasteiger partial charge in [0.1, 0.15) is 5.82 Å². The van der Waals surface area contributed by atoms with Gasteiger partial charge in [-0.3, -0.25) is 0 Å². The highest BCUT2D eigenvalue weighted by atomic mass is 127. The summed E-state index contributed by atoms with van der Waals surface area (Å²) in [6.07, 6.45) is 0.951. The largest absolute Gasteiger partial charge is 0.207 e. The van der Waals surface area contributed by atoms with Gasteiger partial charge in [0.2, 0.25) is 0 Å². The number of hydrogen-bond donors (Lipinski definition) is 0. The molecule has 3 heteroatoms. The highest BCUT2D eigenvalue weighted by Gasteiger charge is 2.10. The molecule has 0 nitrogen and oxygen atoms in total. The lowest BCUT2D eigenvalue weighted by Crippen LogP contribution is -1.88. The van der Waals surface area contributed by atoms with Gasteiger partial charge >= 0.3 is 0 Å². The van der Waals surface area contributed by atoms with Crippen molar-refractivity contribution in [2.45, 2.75) is 13.3 Å². The molecule has 98 valence electrons. The van der Waals surface area contributed by atoms with Crippen LogP contribution in [0.3, 0.4) is 0 Å². The van der Waals surface area contributed by atoms with E-state index in [1.807, 2.05) is 30.3 Å². The molecule has 0 aliphatic rings. The molecule has 0 aliphatic heterocycles. The van der Waals surface area contributed by atoms with Gasteiger partial charge < -0.3 is 0 Å². The number of hydrogen-bond acceptors (Lipinski definition) is 1. The summed E-state index contributed by atoms with van der Waals surface area (Å²) in [5, 5.41) is 0. The minimum atomic E-state index is -0.195. The molecule has 0 saturated carbocycles. The SMILES string of the molecule is CC/C(=C(/SI)c1ccc(F)cc1)c1ccccc1. The average molecular weight is 384 g/mol. The van der Waals surface area contributed by atoms with E-state index in [1.165, 1.54) is 28.2 Å². The number of rotatable bonds is 4. The number of halogens is 2. The smallest absolute Gasteiger partial charge is 0.123 e. The lowest BCUT2D eigenvalue weighted by atomic mass is 10.0. The molecule has 0 atom stereocenters. The normalized spacial score (nSPS) is 12.2. The minimum absolute atomic E-state index is 0.195. The lowest BCUT2D eigenvalue weighted by molar-refractivity contribution is 0.628. The zero-order chi connectivity index (χ0) is 13.7. The van der Waals surface area contributed by atoms with E-state index in [4.69, 9.17) is 0 Å². The van der Waals surface area contributed by atoms with Crippen LogP contribution in [0, 0.1) is 5.82 Å². The van der Waals surface area contributed by atoms with Crippen LogP contribution in [-0.4, -0.2) is 0 Å². The van der Waals surface area contributed by atoms with Crippen LogP contribution < -0.4 is 0 Å². The van der Waals surface area contributed by atoms with E-state index >= 15 is 0 Å². The molecule has 0 spiro atoms. The molecule has 0 fully saturated rings. The van der Waals surface area contributed by atoms with Crippen molar-refractivity contribution in [2.24, 2.45) is 0 Å². The second-order valence-corrected chi connectivity index (χ2v) is 6.00. The Hall–Kier alpha value is -0.810. The molecule has 2 rings (SSSR count). The summed E-state index contributed by atoms with van der Waals surface area (Å²) in [6.45, 7) is 2.15. The van der Waals surface area contributed by atoms with E-state index in [2.05, 4.69) is 40.3 Å². The third kappa shape index (κ3) is 3.60. The van der Waals surface area contributed by atoms with Crippen LogP contribution in [-0.2, 0) is 0 Å². The van der Waals surface area contributed by atoms with E-state index in [-0.39, 0.29) is 5.82 Å². The fourth-order valence-electron chi connectivity index (χ4n) is 2.00. The molecule has 0 aliphatic carbocycles. The molecule has 2 aromatic rings. The van der Waals surface area contributed by atoms with E-state index < -0.39 is 0 Å². The van der Waals surface area contributed by atoms with Crippen LogP contribution in [0.5, 0.6) is 0 Å². The van der Waals surface area contributed by atoms with Crippen LogP contribution >= 0.6 is 30.1 Å². The topological polar surface area (TPSA) is 0 Å². The zero-order valence-electron chi connectivity index (χ0n) is 10.6. The van der Waals surface area contributed by atoms with Crippen molar-refractivity contribution in [1.29, 1.82) is 0 Å². The van der Waals surface area contributed by atoms with Gasteiger partial charge in [-0.1, -0.05) is 58.3 Å². The Morgan fingerprint density at radius 2 is 1.63 bits per heavy atom. The van der Waals surface area contributed by atoms with Gasteiger partial charge in [0.25, 0.3) is 0 Å². The van der Waals surface area contributed by atoms with Crippen LogP contribution in [0.2, 0.25) is 0 Å². The van der Waals surface area contributed by atoms with Gasteiger partial charge in [0.15, 0.2) is 0 Å². The summed E-state index contributed by atoms with van der Waals surface area (Å²) in [7, 11) is 1.68. The quantitative estimate of drug-likeness (QED) is 0.448. The monoisotopic (exact) mass is 384 g/mol. The zero-order valence-corrected chi connectivity index (χ0v) is 13.5. The van der Waals surface area contributed by atoms with Gasteiger partial charge in [-0.05, 0) is 35.3 Å². The molecule has 0 amide bonds. The van der Waals surface area contributed by atoms with Crippen molar-refractivity contribution >= 4 is 40.6 Å². The Kier molecular flexibility index (Phi) is 5.45. The highest BCUT2D eigenvalue weighted by molar-refractivity contribution is 14.2. The van der Waals surface area contributed by atoms with Crippen molar-refractivity contribution in [3.05, 3.63) is 71.5 Å². The Balaban J connectivity index is 2.53. The maximum absolute atomic E-state index is 13.0. The van der Waals surface area contributed by atoms with Crippen molar-refractivity contribution in [3.63, 3.8) is 0 Å². The van der Waals surface area contributed by atoms with E-state index in [0.29, 0.717) is 0 Å². The van der Waals surface area contributed by atoms with Gasteiger partial charge in [-0.2, -0.15) is 0 Å². The van der Waals surface area contributed by atoms with Crippen LogP contribution in [0.1, 0.15) is 24.5 Å². The summed E-state index contributed by atoms with van der Waals surface area (Å²) >= 11 is 2.29. The third-order valence-corrected chi connectivity index (χ3v) is 4.89. The molecular weight excluding hydrogens is 370 g/mol. The molecule has 0 bridgehead atoms. The summed E-state index contributed by atoms with van der Waals surface area (Å²) in [5.41, 5.74) is 3.60. The van der Waals surface area contributed by atoms with Gasteiger partial charge in [0, 0.05) is 26.1 Å². The van der Waals surface area contributed by atoms with Crippen LogP contribution in [0.4, 0.5) is 4.39 Å². The van der Waals surface area contributed by atoms with Gasteiger partial charge in [0.05, 0.1) is 0 Å². The first-order chi connectivity index (χ1) is 9.26. The second-order valence-electron chi connectivity index (χ2n) is 4.11. The maximum Gasteiger partial charge on any atom is 0.123 e. The summed E-state index contributed by atoms with van der Waals surface area (Å²) in [5.74, 6) is -0.195. The first kappa shape index (κ1) is 14.6. The molecule has 0 aromatic heterocycles. The van der Waals surface area contributed by atoms with E-state index in [9.17, 15) is 4.39 Å². The van der Waals surface area contributed by atoms with Gasteiger partial charge in [-0.15, -0.1) is 0 Å². The Bertz CT molecular complexity index is 561. The molecule has 19 heavy (non-hydrogen) atoms. The predicted octanol–water partition coefficient (Wildman–Crippen LogP) is 6.19. The van der Waals surface area contributed by atoms with Crippen molar-refractivity contribution in [1.82, 2.24) is 0 Å². The molecule has 2 aromatic carbocycles. The van der Waals surface area contributed by atoms with Crippen LogP contribution in [0.15, 0.2) is 54.6 Å². The Labute approximate surface area is 129 Å². The molecule has 0 radical (unpaired) electrons. The number of allylic oxidation sites excluding steroid dienone is 1. The predicted molar refractivity (Wildman–Crippen MR) is 91.6 cm³/mol. The molecule has 0 heterocycles. The van der Waals surface area contributed by atoms with Crippen molar-refractivity contribution in [2.75, 3.05) is 0 Å². The fraction of sp³-hybridized carbons (Fsp3) is 0.125. The third-order valence-electron chi connectivity index (χ3n) is 2.93.